The molecule has 10 nitrogen and oxygen atoms in total. The molecule has 1 atom stereocenters. The van der Waals surface area contributed by atoms with Gasteiger partial charge in [0.15, 0.2) is 11.6 Å². The zero-order chi connectivity index (χ0) is 23.9. The molecule has 2 saturated heterocycles. The Morgan fingerprint density at radius 1 is 1.09 bits per heavy atom. The van der Waals surface area contributed by atoms with Crippen molar-refractivity contribution in [1.29, 1.82) is 0 Å². The monoisotopic (exact) mass is 465 g/mol. The average Bonchev–Trinajstić information content (AvgIpc) is 3.48. The van der Waals surface area contributed by atoms with Crippen LogP contribution in [0.25, 0.3) is 5.82 Å². The number of aromatic nitrogens is 5. The molecule has 0 saturated carbocycles. The topological polar surface area (TPSA) is 117 Å². The number of carbonyl (C=O) groups is 2. The molecule has 3 aliphatic rings. The number of hydrogen-bond donors (Lipinski definition) is 1. The first kappa shape index (κ1) is 22.8. The highest BCUT2D eigenvalue weighted by molar-refractivity contribution is 5.99. The van der Waals surface area contributed by atoms with Crippen LogP contribution < -0.4 is 0 Å². The number of ketones is 1. The molecular weight excluding hydrogens is 434 g/mol. The van der Waals surface area contributed by atoms with E-state index in [1.165, 1.54) is 11.0 Å². The van der Waals surface area contributed by atoms with E-state index in [0.29, 0.717) is 25.2 Å². The Labute approximate surface area is 198 Å². The zero-order valence-corrected chi connectivity index (χ0v) is 19.8. The van der Waals surface area contributed by atoms with Gasteiger partial charge in [0.1, 0.15) is 6.33 Å². The molecule has 5 rings (SSSR count). The third kappa shape index (κ3) is 4.05. The van der Waals surface area contributed by atoms with Gasteiger partial charge in [0.25, 0.3) is 0 Å². The molecule has 2 aromatic rings. The molecule has 1 amide bonds. The summed E-state index contributed by atoms with van der Waals surface area (Å²) < 4.78 is 1.48. The second-order valence-electron chi connectivity index (χ2n) is 9.75. The van der Waals surface area contributed by atoms with Crippen molar-refractivity contribution in [2.24, 2.45) is 5.41 Å². The fourth-order valence-electron chi connectivity index (χ4n) is 5.71. The van der Waals surface area contributed by atoms with Gasteiger partial charge in [-0.25, -0.2) is 4.98 Å². The first-order chi connectivity index (χ1) is 16.4. The third-order valence-corrected chi connectivity index (χ3v) is 7.80. The number of hydrogen-bond acceptors (Lipinski definition) is 8. The van der Waals surface area contributed by atoms with Crippen molar-refractivity contribution >= 4 is 11.7 Å². The largest absolute Gasteiger partial charge is 0.387 e. The van der Waals surface area contributed by atoms with E-state index in [2.05, 4.69) is 25.4 Å². The maximum atomic E-state index is 13.6. The van der Waals surface area contributed by atoms with Crippen LogP contribution in [0.4, 0.5) is 0 Å². The Morgan fingerprint density at radius 2 is 1.88 bits per heavy atom. The van der Waals surface area contributed by atoms with Crippen LogP contribution >= 0.6 is 0 Å². The van der Waals surface area contributed by atoms with Crippen LogP contribution in [-0.4, -0.2) is 78.0 Å². The molecule has 0 bridgehead atoms. The second kappa shape index (κ2) is 8.99. The van der Waals surface area contributed by atoms with E-state index in [9.17, 15) is 14.7 Å². The summed E-state index contributed by atoms with van der Waals surface area (Å²) in [4.78, 5) is 34.3. The van der Waals surface area contributed by atoms with Gasteiger partial charge in [0, 0.05) is 42.0 Å². The summed E-state index contributed by atoms with van der Waals surface area (Å²) >= 11 is 0. The molecule has 1 unspecified atom stereocenters. The van der Waals surface area contributed by atoms with Crippen LogP contribution in [0.1, 0.15) is 62.8 Å². The molecule has 1 spiro atoms. The number of aliphatic hydroxyl groups is 1. The Balaban J connectivity index is 1.22. The summed E-state index contributed by atoms with van der Waals surface area (Å²) in [5.74, 6) is 0.969. The smallest absolute Gasteiger partial charge is 0.233 e. The molecule has 4 heterocycles. The molecule has 0 aromatic carbocycles. The number of aryl methyl sites for hydroxylation is 1. The van der Waals surface area contributed by atoms with E-state index in [0.717, 1.165) is 67.8 Å². The molecule has 2 fully saturated rings. The minimum absolute atomic E-state index is 0.169. The van der Waals surface area contributed by atoms with Gasteiger partial charge < -0.3 is 14.9 Å². The highest BCUT2D eigenvalue weighted by atomic mass is 16.3. The molecule has 1 N–H and O–H groups in total. The van der Waals surface area contributed by atoms with Crippen molar-refractivity contribution < 1.29 is 14.7 Å². The summed E-state index contributed by atoms with van der Waals surface area (Å²) in [6.45, 7) is 6.48. The summed E-state index contributed by atoms with van der Waals surface area (Å²) in [5, 5.41) is 22.0. The number of pyridine rings is 1. The van der Waals surface area contributed by atoms with Crippen LogP contribution in [-0.2, 0) is 9.59 Å². The number of nitrogens with zero attached hydrogens (tertiary/aromatic N) is 7. The molecular formula is C24H31N7O3. The predicted octanol–water partition coefficient (Wildman–Crippen LogP) is 1.74. The molecule has 2 aromatic heterocycles. The maximum absolute atomic E-state index is 13.6. The van der Waals surface area contributed by atoms with Crippen molar-refractivity contribution in [3.63, 3.8) is 0 Å². The minimum Gasteiger partial charge on any atom is -0.387 e. The van der Waals surface area contributed by atoms with Crippen LogP contribution in [0, 0.1) is 12.3 Å². The quantitative estimate of drug-likeness (QED) is 0.710. The third-order valence-electron chi connectivity index (χ3n) is 7.80. The van der Waals surface area contributed by atoms with E-state index in [-0.39, 0.29) is 17.1 Å². The molecule has 2 aliphatic heterocycles. The van der Waals surface area contributed by atoms with Crippen LogP contribution in [0.3, 0.4) is 0 Å². The molecule has 0 radical (unpaired) electrons. The lowest BCUT2D eigenvalue weighted by molar-refractivity contribution is -0.147. The molecule has 1 aliphatic carbocycles. The lowest BCUT2D eigenvalue weighted by Crippen LogP contribution is -2.53. The fraction of sp³-hybridized carbons (Fsp3) is 0.583. The Morgan fingerprint density at radius 3 is 2.53 bits per heavy atom. The minimum atomic E-state index is -0.666. The molecule has 180 valence electrons. The highest BCUT2D eigenvalue weighted by Gasteiger charge is 2.47. The standard InChI is InChI=1S/C24H31N7O3/c1-16-19(5-6-20(16)32)30-11-3-8-24(23(30)34)9-12-29(13-10-24)14-21(33)18-4-7-22(26-17(18)2)31-15-25-27-28-31/h4,7,15,21,33H,3,5-6,8-14H2,1-2H3. The number of amides is 1. The summed E-state index contributed by atoms with van der Waals surface area (Å²) in [5.41, 5.74) is 2.89. The van der Waals surface area contributed by atoms with E-state index in [1.54, 1.807) is 6.07 Å². The number of carbonyl (C=O) groups excluding carboxylic acids is 2. The Kier molecular flexibility index (Phi) is 6.03. The van der Waals surface area contributed by atoms with Crippen LogP contribution in [0.15, 0.2) is 29.7 Å². The van der Waals surface area contributed by atoms with E-state index < -0.39 is 6.10 Å². The van der Waals surface area contributed by atoms with Crippen molar-refractivity contribution in [3.8, 4) is 5.82 Å². The van der Waals surface area contributed by atoms with E-state index >= 15 is 0 Å². The van der Waals surface area contributed by atoms with Gasteiger partial charge in [-0.1, -0.05) is 6.07 Å². The van der Waals surface area contributed by atoms with Gasteiger partial charge >= 0.3 is 0 Å². The number of likely N-dealkylation sites (tertiary alicyclic amines) is 2. The second-order valence-corrected chi connectivity index (χ2v) is 9.75. The lowest BCUT2D eigenvalue weighted by atomic mass is 9.71. The number of tetrazole rings is 1. The van der Waals surface area contributed by atoms with Gasteiger partial charge in [-0.2, -0.15) is 4.68 Å². The number of allylic oxidation sites excluding steroid dienone is 2. The van der Waals surface area contributed by atoms with Gasteiger partial charge in [-0.15, -0.1) is 5.10 Å². The van der Waals surface area contributed by atoms with Gasteiger partial charge in [-0.3, -0.25) is 9.59 Å². The molecule has 34 heavy (non-hydrogen) atoms. The number of piperidine rings is 2. The fourth-order valence-corrected chi connectivity index (χ4v) is 5.71. The molecule has 10 heteroatoms. The van der Waals surface area contributed by atoms with E-state index in [1.807, 2.05) is 24.8 Å². The summed E-state index contributed by atoms with van der Waals surface area (Å²) in [7, 11) is 0. The van der Waals surface area contributed by atoms with Crippen LogP contribution in [0.2, 0.25) is 0 Å². The highest BCUT2D eigenvalue weighted by Crippen LogP contribution is 2.43. The van der Waals surface area contributed by atoms with Crippen molar-refractivity contribution in [2.45, 2.75) is 58.5 Å². The Bertz CT molecular complexity index is 1120. The normalized spacial score (nSPS) is 22.1. The predicted molar refractivity (Wildman–Crippen MR) is 123 cm³/mol. The van der Waals surface area contributed by atoms with Gasteiger partial charge in [0.2, 0.25) is 5.91 Å². The van der Waals surface area contributed by atoms with Gasteiger partial charge in [0.05, 0.1) is 11.5 Å². The Hall–Kier alpha value is -2.98. The summed E-state index contributed by atoms with van der Waals surface area (Å²) in [6.07, 6.45) is 5.46. The first-order valence-corrected chi connectivity index (χ1v) is 12.0. The number of rotatable bonds is 5. The number of Topliss-reactive ketones (excluding diaryl/α,β-unsaturated/α-hetero) is 1. The SMILES string of the molecule is CC1=C(N2CCCC3(CCN(CC(O)c4ccc(-n5cnnn5)nc4C)CC3)C2=O)CCC1=O. The van der Waals surface area contributed by atoms with Crippen molar-refractivity contribution in [1.82, 2.24) is 35.0 Å². The first-order valence-electron chi connectivity index (χ1n) is 12.0. The van der Waals surface area contributed by atoms with E-state index in [4.69, 9.17) is 0 Å². The number of aliphatic hydroxyl groups excluding tert-OH is 1. The van der Waals surface area contributed by atoms with Crippen molar-refractivity contribution in [3.05, 3.63) is 41.0 Å². The van der Waals surface area contributed by atoms with Crippen molar-refractivity contribution in [2.75, 3.05) is 26.2 Å². The zero-order valence-electron chi connectivity index (χ0n) is 19.8. The average molecular weight is 466 g/mol. The number of β-amino-alcohol motifs (C(OH)–C–C–N with tert-alkyl or cyclic N) is 1. The summed E-state index contributed by atoms with van der Waals surface area (Å²) in [6, 6.07) is 3.67. The lowest BCUT2D eigenvalue weighted by Gasteiger charge is -2.47. The van der Waals surface area contributed by atoms with Crippen LogP contribution in [0.5, 0.6) is 0 Å². The maximum Gasteiger partial charge on any atom is 0.233 e. The van der Waals surface area contributed by atoms with Gasteiger partial charge in [-0.05, 0) is 75.5 Å².